The summed E-state index contributed by atoms with van der Waals surface area (Å²) in [6.45, 7) is 2.61. The molecule has 2 fully saturated rings. The van der Waals surface area contributed by atoms with Crippen LogP contribution in [-0.2, 0) is 4.84 Å². The van der Waals surface area contributed by atoms with E-state index in [1.807, 2.05) is 7.05 Å². The lowest BCUT2D eigenvalue weighted by molar-refractivity contribution is -0.0854. The molecule has 0 aromatic heterocycles. The first-order valence-electron chi connectivity index (χ1n) is 5.25. The van der Waals surface area contributed by atoms with Crippen LogP contribution in [0.5, 0.6) is 0 Å². The molecule has 0 atom stereocenters. The van der Waals surface area contributed by atoms with Crippen LogP contribution in [0.1, 0.15) is 25.7 Å². The normalized spacial score (nSPS) is 29.1. The maximum Gasteiger partial charge on any atom is 0.0790 e. The fraction of sp³-hybridized carbons (Fsp3) is 1.00. The average molecular weight is 184 g/mol. The van der Waals surface area contributed by atoms with Crippen LogP contribution in [0.15, 0.2) is 0 Å². The molecule has 1 aliphatic heterocycles. The summed E-state index contributed by atoms with van der Waals surface area (Å²) in [5, 5.41) is 0. The van der Waals surface area contributed by atoms with E-state index in [4.69, 9.17) is 4.84 Å². The molecule has 2 rings (SSSR count). The summed E-state index contributed by atoms with van der Waals surface area (Å²) in [6.07, 6.45) is 5.62. The molecule has 0 amide bonds. The summed E-state index contributed by atoms with van der Waals surface area (Å²) in [5.41, 5.74) is 3.47. The van der Waals surface area contributed by atoms with Gasteiger partial charge in [-0.25, -0.2) is 5.48 Å². The molecule has 3 heteroatoms. The SMILES string of the molecule is CNOC1CCC2(CC1)CN(C)C2. The van der Waals surface area contributed by atoms with Crippen LogP contribution < -0.4 is 5.48 Å². The third-order valence-corrected chi connectivity index (χ3v) is 3.49. The van der Waals surface area contributed by atoms with Crippen molar-refractivity contribution >= 4 is 0 Å². The number of likely N-dealkylation sites (tertiary alicyclic amines) is 1. The zero-order valence-corrected chi connectivity index (χ0v) is 8.68. The third-order valence-electron chi connectivity index (χ3n) is 3.49. The highest BCUT2D eigenvalue weighted by atomic mass is 16.7. The van der Waals surface area contributed by atoms with Gasteiger partial charge in [0.2, 0.25) is 0 Å². The molecule has 1 aliphatic carbocycles. The summed E-state index contributed by atoms with van der Waals surface area (Å²) >= 11 is 0. The van der Waals surface area contributed by atoms with Gasteiger partial charge in [-0.1, -0.05) is 0 Å². The molecule has 1 N–H and O–H groups in total. The van der Waals surface area contributed by atoms with Crippen LogP contribution in [0.4, 0.5) is 0 Å². The van der Waals surface area contributed by atoms with Gasteiger partial charge in [0.1, 0.15) is 0 Å². The van der Waals surface area contributed by atoms with Gasteiger partial charge in [0.05, 0.1) is 6.10 Å². The number of nitrogens with one attached hydrogen (secondary N) is 1. The summed E-state index contributed by atoms with van der Waals surface area (Å²) in [5.74, 6) is 0. The molecule has 1 heterocycles. The molecule has 0 unspecified atom stereocenters. The minimum absolute atomic E-state index is 0.460. The van der Waals surface area contributed by atoms with Crippen molar-refractivity contribution in [1.29, 1.82) is 0 Å². The van der Waals surface area contributed by atoms with E-state index >= 15 is 0 Å². The van der Waals surface area contributed by atoms with Gasteiger partial charge >= 0.3 is 0 Å². The predicted molar refractivity (Wildman–Crippen MR) is 52.3 cm³/mol. The Bertz CT molecular complexity index is 168. The van der Waals surface area contributed by atoms with Gasteiger partial charge in [-0.05, 0) is 38.1 Å². The van der Waals surface area contributed by atoms with Crippen molar-refractivity contribution in [2.24, 2.45) is 5.41 Å². The molecular weight excluding hydrogens is 164 g/mol. The molecule has 1 saturated carbocycles. The lowest BCUT2D eigenvalue weighted by atomic mass is 9.68. The van der Waals surface area contributed by atoms with Crippen LogP contribution in [0.3, 0.4) is 0 Å². The summed E-state index contributed by atoms with van der Waals surface area (Å²) in [7, 11) is 4.06. The molecule has 3 nitrogen and oxygen atoms in total. The van der Waals surface area contributed by atoms with Crippen molar-refractivity contribution in [3.05, 3.63) is 0 Å². The van der Waals surface area contributed by atoms with Gasteiger partial charge in [0.15, 0.2) is 0 Å². The highest BCUT2D eigenvalue weighted by molar-refractivity contribution is 4.96. The van der Waals surface area contributed by atoms with Crippen molar-refractivity contribution in [3.8, 4) is 0 Å². The average Bonchev–Trinajstić information content (AvgIpc) is 2.07. The van der Waals surface area contributed by atoms with Crippen LogP contribution in [0.2, 0.25) is 0 Å². The number of hydrogen-bond donors (Lipinski definition) is 1. The quantitative estimate of drug-likeness (QED) is 0.648. The molecule has 1 spiro atoms. The lowest BCUT2D eigenvalue weighted by Gasteiger charge is -2.52. The maximum absolute atomic E-state index is 5.41. The zero-order valence-electron chi connectivity index (χ0n) is 8.68. The number of nitrogens with zero attached hydrogens (tertiary/aromatic N) is 1. The smallest absolute Gasteiger partial charge is 0.0790 e. The van der Waals surface area contributed by atoms with E-state index < -0.39 is 0 Å². The molecule has 0 radical (unpaired) electrons. The lowest BCUT2D eigenvalue weighted by Crippen LogP contribution is -2.56. The first-order valence-corrected chi connectivity index (χ1v) is 5.25. The Balaban J connectivity index is 1.77. The van der Waals surface area contributed by atoms with E-state index in [1.165, 1.54) is 38.8 Å². The molecule has 76 valence electrons. The van der Waals surface area contributed by atoms with Crippen LogP contribution in [0.25, 0.3) is 0 Å². The van der Waals surface area contributed by atoms with Gasteiger partial charge in [-0.2, -0.15) is 0 Å². The van der Waals surface area contributed by atoms with Gasteiger partial charge in [0.25, 0.3) is 0 Å². The Morgan fingerprint density at radius 1 is 1.31 bits per heavy atom. The van der Waals surface area contributed by atoms with E-state index in [1.54, 1.807) is 0 Å². The third kappa shape index (κ3) is 1.87. The molecule has 2 aliphatic rings. The summed E-state index contributed by atoms with van der Waals surface area (Å²) in [4.78, 5) is 7.82. The van der Waals surface area contributed by atoms with Gasteiger partial charge in [-0.3, -0.25) is 4.84 Å². The number of hydroxylamine groups is 1. The van der Waals surface area contributed by atoms with Crippen molar-refractivity contribution in [3.63, 3.8) is 0 Å². The summed E-state index contributed by atoms with van der Waals surface area (Å²) < 4.78 is 0. The number of hydrogen-bond acceptors (Lipinski definition) is 3. The Kier molecular flexibility index (Phi) is 2.58. The second-order valence-electron chi connectivity index (χ2n) is 4.69. The van der Waals surface area contributed by atoms with E-state index in [9.17, 15) is 0 Å². The predicted octanol–water partition coefficient (Wildman–Crippen LogP) is 1.01. The molecule has 0 bridgehead atoms. The first-order chi connectivity index (χ1) is 6.24. The fourth-order valence-corrected chi connectivity index (χ4v) is 2.90. The van der Waals surface area contributed by atoms with E-state index in [0.29, 0.717) is 11.5 Å². The van der Waals surface area contributed by atoms with Crippen LogP contribution >= 0.6 is 0 Å². The van der Waals surface area contributed by atoms with E-state index in [-0.39, 0.29) is 0 Å². The second kappa shape index (κ2) is 3.56. The highest BCUT2D eigenvalue weighted by Gasteiger charge is 2.43. The zero-order chi connectivity index (χ0) is 9.31. The van der Waals surface area contributed by atoms with Crippen LogP contribution in [-0.4, -0.2) is 38.2 Å². The minimum atomic E-state index is 0.460. The molecule has 1 saturated heterocycles. The Morgan fingerprint density at radius 2 is 1.92 bits per heavy atom. The standard InChI is InChI=1S/C10H20N2O/c1-11-13-9-3-5-10(6-4-9)7-12(2)8-10/h9,11H,3-8H2,1-2H3. The van der Waals surface area contributed by atoms with E-state index in [2.05, 4.69) is 17.4 Å². The largest absolute Gasteiger partial charge is 0.305 e. The van der Waals surface area contributed by atoms with E-state index in [0.717, 1.165) is 0 Å². The van der Waals surface area contributed by atoms with Crippen molar-refractivity contribution in [2.45, 2.75) is 31.8 Å². The topological polar surface area (TPSA) is 24.5 Å². The second-order valence-corrected chi connectivity index (χ2v) is 4.69. The molecule has 0 aromatic carbocycles. The van der Waals surface area contributed by atoms with Crippen molar-refractivity contribution in [2.75, 3.05) is 27.2 Å². The van der Waals surface area contributed by atoms with Crippen LogP contribution in [0, 0.1) is 5.41 Å². The maximum atomic E-state index is 5.41. The van der Waals surface area contributed by atoms with Crippen molar-refractivity contribution < 1.29 is 4.84 Å². The first kappa shape index (κ1) is 9.44. The molecule has 0 aromatic rings. The summed E-state index contributed by atoms with van der Waals surface area (Å²) in [6, 6.07) is 0. The van der Waals surface area contributed by atoms with Gasteiger partial charge < -0.3 is 4.90 Å². The Hall–Kier alpha value is -0.120. The Labute approximate surface area is 80.4 Å². The van der Waals surface area contributed by atoms with Gasteiger partial charge in [0, 0.05) is 20.1 Å². The monoisotopic (exact) mass is 184 g/mol. The number of rotatable bonds is 2. The van der Waals surface area contributed by atoms with Crippen molar-refractivity contribution in [1.82, 2.24) is 10.4 Å². The molecule has 13 heavy (non-hydrogen) atoms. The van der Waals surface area contributed by atoms with Gasteiger partial charge in [-0.15, -0.1) is 0 Å². The molecular formula is C10H20N2O. The Morgan fingerprint density at radius 3 is 2.38 bits per heavy atom. The highest BCUT2D eigenvalue weighted by Crippen LogP contribution is 2.43. The minimum Gasteiger partial charge on any atom is -0.305 e. The fourth-order valence-electron chi connectivity index (χ4n) is 2.90.